The average molecular weight is 252 g/mol. The van der Waals surface area contributed by atoms with Crippen LogP contribution in [0.2, 0.25) is 0 Å². The fraction of sp³-hybridized carbons (Fsp3) is 0.500. The van der Waals surface area contributed by atoms with Crippen LogP contribution >= 0.6 is 11.8 Å². The summed E-state index contributed by atoms with van der Waals surface area (Å²) in [5.74, 6) is 0.0960. The first-order valence-corrected chi connectivity index (χ1v) is 7.08. The number of rotatable bonds is 7. The molecule has 1 unspecified atom stereocenters. The third-order valence-corrected chi connectivity index (χ3v) is 3.97. The van der Waals surface area contributed by atoms with Gasteiger partial charge in [0.15, 0.2) is 0 Å². The van der Waals surface area contributed by atoms with Gasteiger partial charge < -0.3 is 5.11 Å². The van der Waals surface area contributed by atoms with Crippen molar-refractivity contribution < 1.29 is 9.90 Å². The quantitative estimate of drug-likeness (QED) is 0.800. The van der Waals surface area contributed by atoms with Crippen LogP contribution in [0.1, 0.15) is 37.3 Å². The van der Waals surface area contributed by atoms with Crippen LogP contribution in [0.25, 0.3) is 0 Å². The van der Waals surface area contributed by atoms with Gasteiger partial charge in [0.2, 0.25) is 0 Å². The monoisotopic (exact) mass is 252 g/mol. The van der Waals surface area contributed by atoms with E-state index in [1.807, 2.05) is 6.07 Å². The predicted octanol–water partition coefficient (Wildman–Crippen LogP) is 3.87. The minimum atomic E-state index is -0.684. The predicted molar refractivity (Wildman–Crippen MR) is 73.4 cm³/mol. The van der Waals surface area contributed by atoms with Gasteiger partial charge in [-0.1, -0.05) is 49.6 Å². The van der Waals surface area contributed by atoms with E-state index >= 15 is 0 Å². The molecule has 3 heteroatoms. The summed E-state index contributed by atoms with van der Waals surface area (Å²) < 4.78 is 0. The molecule has 1 rings (SSSR count). The fourth-order valence-electron chi connectivity index (χ4n) is 1.67. The Morgan fingerprint density at radius 1 is 1.47 bits per heavy atom. The highest BCUT2D eigenvalue weighted by Crippen LogP contribution is 2.22. The molecule has 0 fully saturated rings. The Hall–Kier alpha value is -0.960. The Labute approximate surface area is 107 Å². The fourth-order valence-corrected chi connectivity index (χ4v) is 2.72. The van der Waals surface area contributed by atoms with E-state index in [4.69, 9.17) is 5.11 Å². The van der Waals surface area contributed by atoms with Gasteiger partial charge in [-0.2, -0.15) is 0 Å². The number of carboxylic acid groups (broad SMARTS) is 1. The van der Waals surface area contributed by atoms with Gasteiger partial charge in [-0.3, -0.25) is 4.79 Å². The Bertz CT molecular complexity index is 363. The van der Waals surface area contributed by atoms with Crippen LogP contribution in [0.5, 0.6) is 0 Å². The lowest BCUT2D eigenvalue weighted by Gasteiger charge is -2.11. The van der Waals surface area contributed by atoms with Crippen molar-refractivity contribution in [3.63, 3.8) is 0 Å². The van der Waals surface area contributed by atoms with Crippen molar-refractivity contribution >= 4 is 17.7 Å². The number of aryl methyl sites for hydroxylation is 1. The maximum absolute atomic E-state index is 11.1. The molecule has 2 nitrogen and oxygen atoms in total. The molecule has 0 amide bonds. The largest absolute Gasteiger partial charge is 0.480 e. The summed E-state index contributed by atoms with van der Waals surface area (Å²) in [6, 6.07) is 8.25. The minimum Gasteiger partial charge on any atom is -0.480 e. The SMILES string of the molecule is CCCCC(SCc1cccc(C)c1)C(=O)O. The van der Waals surface area contributed by atoms with Crippen LogP contribution in [0, 0.1) is 6.92 Å². The van der Waals surface area contributed by atoms with Crippen LogP contribution < -0.4 is 0 Å². The molecule has 1 atom stereocenters. The highest BCUT2D eigenvalue weighted by Gasteiger charge is 2.16. The smallest absolute Gasteiger partial charge is 0.316 e. The van der Waals surface area contributed by atoms with Crippen molar-refractivity contribution in [1.82, 2.24) is 0 Å². The molecular weight excluding hydrogens is 232 g/mol. The van der Waals surface area contributed by atoms with E-state index in [2.05, 4.69) is 32.0 Å². The highest BCUT2D eigenvalue weighted by molar-refractivity contribution is 7.99. The molecular formula is C14H20O2S. The first-order valence-electron chi connectivity index (χ1n) is 6.03. The second-order valence-electron chi connectivity index (χ2n) is 4.27. The van der Waals surface area contributed by atoms with Gasteiger partial charge in [0, 0.05) is 5.75 Å². The Morgan fingerprint density at radius 2 is 2.24 bits per heavy atom. The minimum absolute atomic E-state index is 0.268. The lowest BCUT2D eigenvalue weighted by Crippen LogP contribution is -2.16. The maximum Gasteiger partial charge on any atom is 0.316 e. The molecule has 0 spiro atoms. The molecule has 0 saturated heterocycles. The van der Waals surface area contributed by atoms with Crippen LogP contribution in [0.3, 0.4) is 0 Å². The lowest BCUT2D eigenvalue weighted by atomic mass is 10.2. The number of hydrogen-bond donors (Lipinski definition) is 1. The molecule has 0 heterocycles. The van der Waals surface area contributed by atoms with Crippen molar-refractivity contribution in [1.29, 1.82) is 0 Å². The first-order chi connectivity index (χ1) is 8.13. The van der Waals surface area contributed by atoms with Gasteiger partial charge in [0.05, 0.1) is 0 Å². The molecule has 1 N–H and O–H groups in total. The maximum atomic E-state index is 11.1. The van der Waals surface area contributed by atoms with Crippen molar-refractivity contribution in [3.8, 4) is 0 Å². The molecule has 0 bridgehead atoms. The van der Waals surface area contributed by atoms with E-state index < -0.39 is 5.97 Å². The average Bonchev–Trinajstić information content (AvgIpc) is 2.28. The molecule has 1 aromatic carbocycles. The molecule has 1 aromatic rings. The van der Waals surface area contributed by atoms with Crippen LogP contribution in [0.15, 0.2) is 24.3 Å². The summed E-state index contributed by atoms with van der Waals surface area (Å²) in [5.41, 5.74) is 2.43. The van der Waals surface area contributed by atoms with E-state index in [9.17, 15) is 4.79 Å². The molecule has 0 aliphatic carbocycles. The standard InChI is InChI=1S/C14H20O2S/c1-3-4-8-13(14(15)16)17-10-12-7-5-6-11(2)9-12/h5-7,9,13H,3-4,8,10H2,1-2H3,(H,15,16). The highest BCUT2D eigenvalue weighted by atomic mass is 32.2. The zero-order valence-corrected chi connectivity index (χ0v) is 11.3. The van der Waals surface area contributed by atoms with E-state index in [1.54, 1.807) is 0 Å². The van der Waals surface area contributed by atoms with Gasteiger partial charge in [-0.25, -0.2) is 0 Å². The molecule has 0 aliphatic rings. The number of unbranched alkanes of at least 4 members (excludes halogenated alkanes) is 1. The normalized spacial score (nSPS) is 12.4. The number of benzene rings is 1. The van der Waals surface area contributed by atoms with Gasteiger partial charge in [0.1, 0.15) is 5.25 Å². The molecule has 0 aromatic heterocycles. The number of carbonyl (C=O) groups is 1. The Kier molecular flexibility index (Phi) is 6.12. The summed E-state index contributed by atoms with van der Waals surface area (Å²) in [7, 11) is 0. The number of hydrogen-bond acceptors (Lipinski definition) is 2. The molecule has 17 heavy (non-hydrogen) atoms. The van der Waals surface area contributed by atoms with Crippen LogP contribution in [0.4, 0.5) is 0 Å². The van der Waals surface area contributed by atoms with E-state index in [0.717, 1.165) is 25.0 Å². The van der Waals surface area contributed by atoms with Crippen LogP contribution in [-0.2, 0) is 10.5 Å². The third kappa shape index (κ3) is 5.26. The lowest BCUT2D eigenvalue weighted by molar-refractivity contribution is -0.136. The number of carboxylic acids is 1. The van der Waals surface area contributed by atoms with Gasteiger partial charge in [-0.05, 0) is 18.9 Å². The Balaban J connectivity index is 2.48. The summed E-state index contributed by atoms with van der Waals surface area (Å²) in [6.45, 7) is 4.14. The summed E-state index contributed by atoms with van der Waals surface area (Å²) in [5, 5.41) is 8.84. The molecule has 0 saturated carbocycles. The molecule has 94 valence electrons. The molecule has 0 aliphatic heterocycles. The Morgan fingerprint density at radius 3 is 2.82 bits per heavy atom. The number of aliphatic carboxylic acids is 1. The first kappa shape index (κ1) is 14.1. The van der Waals surface area contributed by atoms with Crippen molar-refractivity contribution in [3.05, 3.63) is 35.4 Å². The van der Waals surface area contributed by atoms with E-state index in [0.29, 0.717) is 0 Å². The summed E-state index contributed by atoms with van der Waals surface area (Å²) in [6.07, 6.45) is 2.80. The van der Waals surface area contributed by atoms with E-state index in [-0.39, 0.29) is 5.25 Å². The third-order valence-electron chi connectivity index (χ3n) is 2.63. The van der Waals surface area contributed by atoms with Gasteiger partial charge in [0.25, 0.3) is 0 Å². The summed E-state index contributed by atoms with van der Waals surface area (Å²) >= 11 is 1.53. The summed E-state index contributed by atoms with van der Waals surface area (Å²) in [4.78, 5) is 11.1. The van der Waals surface area contributed by atoms with Crippen molar-refractivity contribution in [2.45, 2.75) is 44.1 Å². The number of thioether (sulfide) groups is 1. The topological polar surface area (TPSA) is 37.3 Å². The zero-order valence-electron chi connectivity index (χ0n) is 10.5. The van der Waals surface area contributed by atoms with Crippen molar-refractivity contribution in [2.75, 3.05) is 0 Å². The van der Waals surface area contributed by atoms with Gasteiger partial charge in [-0.15, -0.1) is 11.8 Å². The second kappa shape index (κ2) is 7.38. The van der Waals surface area contributed by atoms with E-state index in [1.165, 1.54) is 22.9 Å². The second-order valence-corrected chi connectivity index (χ2v) is 5.46. The molecule has 0 radical (unpaired) electrons. The van der Waals surface area contributed by atoms with Crippen LogP contribution in [-0.4, -0.2) is 16.3 Å². The zero-order chi connectivity index (χ0) is 12.7. The van der Waals surface area contributed by atoms with Crippen molar-refractivity contribution in [2.24, 2.45) is 0 Å². The van der Waals surface area contributed by atoms with Gasteiger partial charge >= 0.3 is 5.97 Å².